The zero-order valence-electron chi connectivity index (χ0n) is 15.3. The van der Waals surface area contributed by atoms with Crippen molar-refractivity contribution in [1.82, 2.24) is 5.32 Å². The summed E-state index contributed by atoms with van der Waals surface area (Å²) in [7, 11) is 1.46. The van der Waals surface area contributed by atoms with Crippen LogP contribution in [0.5, 0.6) is 5.75 Å². The largest absolute Gasteiger partial charge is 0.496 e. The van der Waals surface area contributed by atoms with Gasteiger partial charge in [-0.25, -0.2) is 4.79 Å². The molecule has 0 saturated heterocycles. The van der Waals surface area contributed by atoms with Gasteiger partial charge in [-0.2, -0.15) is 0 Å². The van der Waals surface area contributed by atoms with Crippen LogP contribution in [0.3, 0.4) is 0 Å². The van der Waals surface area contributed by atoms with Crippen molar-refractivity contribution in [2.75, 3.05) is 7.11 Å². The summed E-state index contributed by atoms with van der Waals surface area (Å²) in [6, 6.07) is 12.7. The molecule has 2 aromatic carbocycles. The lowest BCUT2D eigenvalue weighted by Crippen LogP contribution is -2.39. The zero-order valence-corrected chi connectivity index (χ0v) is 16.1. The molecule has 0 aromatic heterocycles. The molecule has 5 nitrogen and oxygen atoms in total. The van der Waals surface area contributed by atoms with Crippen molar-refractivity contribution in [2.45, 2.75) is 38.3 Å². The first-order valence-electron chi connectivity index (χ1n) is 8.92. The Bertz CT molecular complexity index is 852. The molecular formula is C21H22ClNO4. The van der Waals surface area contributed by atoms with E-state index in [9.17, 15) is 9.59 Å². The minimum absolute atomic E-state index is 0.0655. The number of hydrogen-bond acceptors (Lipinski definition) is 4. The molecule has 1 N–H and O–H groups in total. The average molecular weight is 388 g/mol. The number of fused-ring (bicyclic) bond motifs is 1. The van der Waals surface area contributed by atoms with Gasteiger partial charge >= 0.3 is 5.97 Å². The number of methoxy groups -OCH3 is 1. The van der Waals surface area contributed by atoms with Crippen LogP contribution in [0.2, 0.25) is 5.02 Å². The van der Waals surface area contributed by atoms with Gasteiger partial charge in [0.1, 0.15) is 11.3 Å². The summed E-state index contributed by atoms with van der Waals surface area (Å²) in [6.07, 6.45) is 1.96. The van der Waals surface area contributed by atoms with Crippen molar-refractivity contribution in [3.05, 3.63) is 64.2 Å². The van der Waals surface area contributed by atoms with E-state index in [1.165, 1.54) is 18.7 Å². The third-order valence-electron chi connectivity index (χ3n) is 4.72. The van der Waals surface area contributed by atoms with E-state index in [0.717, 1.165) is 24.8 Å². The quantitative estimate of drug-likeness (QED) is 0.785. The van der Waals surface area contributed by atoms with Crippen LogP contribution in [0, 0.1) is 0 Å². The normalized spacial score (nSPS) is 16.8. The molecule has 6 heteroatoms. The number of halogens is 1. The van der Waals surface area contributed by atoms with E-state index in [1.54, 1.807) is 19.1 Å². The molecule has 0 saturated carbocycles. The molecule has 0 fully saturated rings. The first-order valence-corrected chi connectivity index (χ1v) is 9.30. The zero-order chi connectivity index (χ0) is 19.4. The van der Waals surface area contributed by atoms with Gasteiger partial charge in [-0.15, -0.1) is 0 Å². The second-order valence-corrected chi connectivity index (χ2v) is 6.98. The van der Waals surface area contributed by atoms with Crippen molar-refractivity contribution in [1.29, 1.82) is 0 Å². The van der Waals surface area contributed by atoms with Crippen LogP contribution in [0.4, 0.5) is 0 Å². The maximum absolute atomic E-state index is 12.6. The number of esters is 1. The van der Waals surface area contributed by atoms with Gasteiger partial charge in [-0.05, 0) is 55.5 Å². The lowest BCUT2D eigenvalue weighted by atomic mass is 9.87. The molecule has 27 heavy (non-hydrogen) atoms. The van der Waals surface area contributed by atoms with Gasteiger partial charge in [0.25, 0.3) is 5.91 Å². The maximum atomic E-state index is 12.6. The molecule has 2 atom stereocenters. The Balaban J connectivity index is 1.67. The van der Waals surface area contributed by atoms with Crippen molar-refractivity contribution in [3.8, 4) is 5.75 Å². The number of benzene rings is 2. The van der Waals surface area contributed by atoms with Crippen LogP contribution in [0.1, 0.15) is 47.3 Å². The van der Waals surface area contributed by atoms with Gasteiger partial charge in [-0.3, -0.25) is 4.79 Å². The average Bonchev–Trinajstić information content (AvgIpc) is 2.68. The Morgan fingerprint density at radius 2 is 2.00 bits per heavy atom. The van der Waals surface area contributed by atoms with E-state index in [1.807, 2.05) is 18.2 Å². The molecule has 0 bridgehead atoms. The van der Waals surface area contributed by atoms with E-state index in [2.05, 4.69) is 11.4 Å². The van der Waals surface area contributed by atoms with Crippen molar-refractivity contribution < 1.29 is 19.1 Å². The van der Waals surface area contributed by atoms with Gasteiger partial charge in [0.15, 0.2) is 6.10 Å². The second kappa shape index (κ2) is 8.44. The summed E-state index contributed by atoms with van der Waals surface area (Å²) in [6.45, 7) is 1.55. The fourth-order valence-corrected chi connectivity index (χ4v) is 3.48. The van der Waals surface area contributed by atoms with Gasteiger partial charge in [-0.1, -0.05) is 35.9 Å². The predicted molar refractivity (Wildman–Crippen MR) is 103 cm³/mol. The molecule has 2 aromatic rings. The molecule has 142 valence electrons. The Morgan fingerprint density at radius 1 is 1.22 bits per heavy atom. The Labute approximate surface area is 163 Å². The smallest absolute Gasteiger partial charge is 0.342 e. The van der Waals surface area contributed by atoms with Crippen LogP contribution >= 0.6 is 11.6 Å². The van der Waals surface area contributed by atoms with Crippen LogP contribution in [-0.2, 0) is 16.0 Å². The highest BCUT2D eigenvalue weighted by Crippen LogP contribution is 2.29. The molecule has 1 aliphatic carbocycles. The van der Waals surface area contributed by atoms with E-state index in [4.69, 9.17) is 21.1 Å². The van der Waals surface area contributed by atoms with E-state index >= 15 is 0 Å². The topological polar surface area (TPSA) is 64.6 Å². The molecule has 0 unspecified atom stereocenters. The number of aryl methyl sites for hydroxylation is 1. The van der Waals surface area contributed by atoms with E-state index in [0.29, 0.717) is 10.8 Å². The lowest BCUT2D eigenvalue weighted by molar-refractivity contribution is -0.130. The SMILES string of the molecule is COc1ccc(Cl)cc1C(=O)O[C@@H](C)C(=O)N[C@@H]1CCCc2ccccc21. The first kappa shape index (κ1) is 19.2. The first-order chi connectivity index (χ1) is 13.0. The summed E-state index contributed by atoms with van der Waals surface area (Å²) in [5.74, 6) is -0.634. The predicted octanol–water partition coefficient (Wildman–Crippen LogP) is 4.09. The van der Waals surface area contributed by atoms with Crippen molar-refractivity contribution >= 4 is 23.5 Å². The maximum Gasteiger partial charge on any atom is 0.342 e. The van der Waals surface area contributed by atoms with Crippen molar-refractivity contribution in [2.24, 2.45) is 0 Å². The number of amides is 1. The van der Waals surface area contributed by atoms with Gasteiger partial charge < -0.3 is 14.8 Å². The molecule has 0 aliphatic heterocycles. The Hall–Kier alpha value is -2.53. The van der Waals surface area contributed by atoms with Crippen LogP contribution in [0.25, 0.3) is 0 Å². The summed E-state index contributed by atoms with van der Waals surface area (Å²) in [5, 5.41) is 3.39. The monoisotopic (exact) mass is 387 g/mol. The third-order valence-corrected chi connectivity index (χ3v) is 4.96. The van der Waals surface area contributed by atoms with E-state index < -0.39 is 12.1 Å². The minimum atomic E-state index is -0.935. The Kier molecular flexibility index (Phi) is 6.01. The molecule has 0 spiro atoms. The lowest BCUT2D eigenvalue weighted by Gasteiger charge is -2.27. The number of carbonyl (C=O) groups is 2. The van der Waals surface area contributed by atoms with Crippen LogP contribution in [-0.4, -0.2) is 25.1 Å². The summed E-state index contributed by atoms with van der Waals surface area (Å²) < 4.78 is 10.5. The summed E-state index contributed by atoms with van der Waals surface area (Å²) in [5.41, 5.74) is 2.57. The number of hydrogen-bond donors (Lipinski definition) is 1. The molecule has 0 radical (unpaired) electrons. The third kappa shape index (κ3) is 4.42. The van der Waals surface area contributed by atoms with Gasteiger partial charge in [0.2, 0.25) is 0 Å². The molecule has 0 heterocycles. The molecule has 3 rings (SSSR count). The Morgan fingerprint density at radius 3 is 2.78 bits per heavy atom. The number of rotatable bonds is 5. The summed E-state index contributed by atoms with van der Waals surface area (Å²) in [4.78, 5) is 25.0. The molecule has 1 amide bonds. The highest BCUT2D eigenvalue weighted by Gasteiger charge is 2.26. The van der Waals surface area contributed by atoms with Crippen LogP contribution in [0.15, 0.2) is 42.5 Å². The number of nitrogens with one attached hydrogen (secondary N) is 1. The standard InChI is InChI=1S/C21H22ClNO4/c1-13(27-21(25)17-12-15(22)10-11-19(17)26-2)20(24)23-18-9-5-7-14-6-3-4-8-16(14)18/h3-4,6,8,10-13,18H,5,7,9H2,1-2H3,(H,23,24)/t13-,18+/m0/s1. The fraction of sp³-hybridized carbons (Fsp3) is 0.333. The molecular weight excluding hydrogens is 366 g/mol. The highest BCUT2D eigenvalue weighted by atomic mass is 35.5. The summed E-state index contributed by atoms with van der Waals surface area (Å²) >= 11 is 5.95. The van der Waals surface area contributed by atoms with Crippen LogP contribution < -0.4 is 10.1 Å². The minimum Gasteiger partial charge on any atom is -0.496 e. The van der Waals surface area contributed by atoms with Gasteiger partial charge in [0.05, 0.1) is 13.2 Å². The van der Waals surface area contributed by atoms with Gasteiger partial charge in [0, 0.05) is 5.02 Å². The van der Waals surface area contributed by atoms with E-state index in [-0.39, 0.29) is 17.5 Å². The number of ether oxygens (including phenoxy) is 2. The van der Waals surface area contributed by atoms with Crippen molar-refractivity contribution in [3.63, 3.8) is 0 Å². The number of carbonyl (C=O) groups excluding carboxylic acids is 2. The second-order valence-electron chi connectivity index (χ2n) is 6.54. The molecule has 1 aliphatic rings. The fourth-order valence-electron chi connectivity index (χ4n) is 3.31. The highest BCUT2D eigenvalue weighted by molar-refractivity contribution is 6.31.